The number of carbonyl (C=O) groups excluding carboxylic acids is 3. The molecule has 0 spiro atoms. The summed E-state index contributed by atoms with van der Waals surface area (Å²) in [6.45, 7) is 6.03. The molecule has 10 heteroatoms. The number of hydrogen-bond acceptors (Lipinski definition) is 6. The minimum Gasteiger partial charge on any atom is -0.462 e. The zero-order valence-corrected chi connectivity index (χ0v) is 22.9. The Bertz CT molecular complexity index is 1160. The third-order valence-corrected chi connectivity index (χ3v) is 7.22. The maximum Gasteiger partial charge on any atom is 0.396 e. The lowest BCUT2D eigenvalue weighted by Crippen LogP contribution is -2.61. The van der Waals surface area contributed by atoms with Gasteiger partial charge in [-0.2, -0.15) is 0 Å². The predicted octanol–water partition coefficient (Wildman–Crippen LogP) is 3.43. The number of likely N-dealkylation sites (tertiary alicyclic amines) is 1. The van der Waals surface area contributed by atoms with Crippen molar-refractivity contribution in [2.24, 2.45) is 0 Å². The molecule has 1 heterocycles. The molecule has 8 nitrogen and oxygen atoms in total. The van der Waals surface area contributed by atoms with Crippen LogP contribution in [0.3, 0.4) is 0 Å². The van der Waals surface area contributed by atoms with E-state index in [1.807, 2.05) is 18.2 Å². The van der Waals surface area contributed by atoms with Crippen LogP contribution in [-0.2, 0) is 31.1 Å². The summed E-state index contributed by atoms with van der Waals surface area (Å²) in [5.74, 6) is -3.12. The van der Waals surface area contributed by atoms with Crippen molar-refractivity contribution >= 4 is 17.8 Å². The van der Waals surface area contributed by atoms with Crippen LogP contribution < -0.4 is 5.43 Å². The van der Waals surface area contributed by atoms with Crippen LogP contribution in [0.4, 0.5) is 8.78 Å². The average Bonchev–Trinajstić information content (AvgIpc) is 2.90. The highest BCUT2D eigenvalue weighted by Gasteiger charge is 2.44. The third kappa shape index (κ3) is 7.60. The van der Waals surface area contributed by atoms with Gasteiger partial charge in [-0.1, -0.05) is 38.1 Å². The van der Waals surface area contributed by atoms with Crippen molar-refractivity contribution in [3.63, 3.8) is 0 Å². The van der Waals surface area contributed by atoms with E-state index in [4.69, 9.17) is 0 Å². The topological polar surface area (TPSA) is 99.2 Å². The second kappa shape index (κ2) is 13.1. The van der Waals surface area contributed by atoms with Crippen LogP contribution >= 0.6 is 0 Å². The molecule has 1 unspecified atom stereocenters. The molecule has 1 aliphatic rings. The highest BCUT2D eigenvalue weighted by Crippen LogP contribution is 2.39. The number of benzene rings is 2. The second-order valence-electron chi connectivity index (χ2n) is 10.3. The molecule has 212 valence electrons. The first-order valence-corrected chi connectivity index (χ1v) is 13.1. The van der Waals surface area contributed by atoms with Crippen molar-refractivity contribution in [1.29, 1.82) is 0 Å². The van der Waals surface area contributed by atoms with Crippen molar-refractivity contribution in [2.75, 3.05) is 26.7 Å². The van der Waals surface area contributed by atoms with Crippen LogP contribution in [0.1, 0.15) is 62.6 Å². The van der Waals surface area contributed by atoms with Gasteiger partial charge in [-0.05, 0) is 60.4 Å². The normalized spacial score (nSPS) is 15.8. The summed E-state index contributed by atoms with van der Waals surface area (Å²) in [5.41, 5.74) is 4.51. The Morgan fingerprint density at radius 3 is 2.31 bits per heavy atom. The van der Waals surface area contributed by atoms with E-state index in [1.165, 1.54) is 24.0 Å². The maximum atomic E-state index is 13.6. The number of carbonyl (C=O) groups is 3. The van der Waals surface area contributed by atoms with Crippen LogP contribution in [0.5, 0.6) is 0 Å². The number of piperidine rings is 1. The van der Waals surface area contributed by atoms with Crippen LogP contribution in [0.2, 0.25) is 0 Å². The van der Waals surface area contributed by atoms with Gasteiger partial charge in [0.2, 0.25) is 5.91 Å². The van der Waals surface area contributed by atoms with Crippen molar-refractivity contribution in [1.82, 2.24) is 15.3 Å². The van der Waals surface area contributed by atoms with E-state index in [1.54, 1.807) is 5.01 Å². The Labute approximate surface area is 227 Å². The number of aryl methyl sites for hydroxylation is 1. The van der Waals surface area contributed by atoms with E-state index in [0.717, 1.165) is 24.3 Å². The summed E-state index contributed by atoms with van der Waals surface area (Å²) in [7, 11) is 1.16. The molecule has 0 saturated carbocycles. The van der Waals surface area contributed by atoms with E-state index < -0.39 is 35.2 Å². The number of esters is 1. The molecule has 1 atom stereocenters. The highest BCUT2D eigenvalue weighted by atomic mass is 19.1. The molecule has 0 aliphatic carbocycles. The van der Waals surface area contributed by atoms with E-state index in [0.29, 0.717) is 18.4 Å². The Hall–Kier alpha value is -3.37. The molecule has 3 rings (SSSR count). The van der Waals surface area contributed by atoms with Gasteiger partial charge in [0.15, 0.2) is 0 Å². The number of halogens is 2. The number of methoxy groups -OCH3 is 1. The Kier molecular flexibility index (Phi) is 10.2. The lowest BCUT2D eigenvalue weighted by Gasteiger charge is -2.49. The minimum absolute atomic E-state index is 0.0359. The first kappa shape index (κ1) is 30.2. The van der Waals surface area contributed by atoms with Gasteiger partial charge >= 0.3 is 11.9 Å². The number of aliphatic hydroxyl groups excluding tert-OH is 1. The SMILES string of the molecule is COC(=O)C(=O)N1CCC(c2cccc(C(C)C)c2)(N(CC(O)CCc2cc(F)cc(F)c2)NC(C)=O)CC1. The number of hydrogen-bond donors (Lipinski definition) is 2. The van der Waals surface area contributed by atoms with Crippen molar-refractivity contribution in [3.05, 3.63) is 70.8 Å². The van der Waals surface area contributed by atoms with Gasteiger partial charge in [-0.3, -0.25) is 15.0 Å². The number of rotatable bonds is 9. The zero-order chi connectivity index (χ0) is 28.7. The lowest BCUT2D eigenvalue weighted by atomic mass is 9.78. The average molecular weight is 546 g/mol. The maximum absolute atomic E-state index is 13.6. The first-order valence-electron chi connectivity index (χ1n) is 13.1. The fourth-order valence-corrected chi connectivity index (χ4v) is 5.11. The van der Waals surface area contributed by atoms with Crippen LogP contribution in [0.25, 0.3) is 0 Å². The molecular formula is C29H37F2N3O5. The molecule has 39 heavy (non-hydrogen) atoms. The Morgan fingerprint density at radius 2 is 1.74 bits per heavy atom. The number of aliphatic hydroxyl groups is 1. The summed E-state index contributed by atoms with van der Waals surface area (Å²) in [5, 5.41) is 12.7. The van der Waals surface area contributed by atoms with Gasteiger partial charge in [0.05, 0.1) is 18.8 Å². The number of nitrogens with one attached hydrogen (secondary N) is 1. The van der Waals surface area contributed by atoms with Gasteiger partial charge < -0.3 is 14.7 Å². The Balaban J connectivity index is 1.91. The van der Waals surface area contributed by atoms with E-state index in [9.17, 15) is 28.3 Å². The van der Waals surface area contributed by atoms with Crippen molar-refractivity contribution in [3.8, 4) is 0 Å². The summed E-state index contributed by atoms with van der Waals surface area (Å²) in [4.78, 5) is 38.1. The standard InChI is InChI=1S/C29H37F2N3O5/c1-19(2)22-6-5-7-23(16-22)29(10-12-33(13-11-29)27(37)28(38)39-4)34(32-20(3)35)18-26(36)9-8-21-14-24(30)17-25(31)15-21/h5-7,14-17,19,26,36H,8-13,18H2,1-4H3,(H,32,35). The van der Waals surface area contributed by atoms with Crippen molar-refractivity contribution in [2.45, 2.75) is 64.0 Å². The quantitative estimate of drug-likeness (QED) is 0.285. The molecule has 1 saturated heterocycles. The summed E-state index contributed by atoms with van der Waals surface area (Å²) in [6.07, 6.45) is 0.247. The van der Waals surface area contributed by atoms with Crippen LogP contribution in [-0.4, -0.2) is 65.6 Å². The van der Waals surface area contributed by atoms with Crippen molar-refractivity contribution < 1.29 is 33.0 Å². The van der Waals surface area contributed by atoms with Crippen LogP contribution in [0, 0.1) is 11.6 Å². The van der Waals surface area contributed by atoms with Gasteiger partial charge in [-0.15, -0.1) is 0 Å². The minimum atomic E-state index is -0.942. The number of hydrazine groups is 1. The summed E-state index contributed by atoms with van der Waals surface area (Å²) in [6, 6.07) is 11.2. The van der Waals surface area contributed by atoms with E-state index >= 15 is 0 Å². The molecule has 0 radical (unpaired) electrons. The molecule has 1 fully saturated rings. The predicted molar refractivity (Wildman–Crippen MR) is 141 cm³/mol. The highest BCUT2D eigenvalue weighted by molar-refractivity contribution is 6.32. The van der Waals surface area contributed by atoms with Gasteiger partial charge in [0, 0.05) is 32.6 Å². The molecule has 0 bridgehead atoms. The summed E-state index contributed by atoms with van der Waals surface area (Å²) < 4.78 is 31.8. The molecule has 2 N–H and O–H groups in total. The number of nitrogens with zero attached hydrogens (tertiary/aromatic N) is 2. The second-order valence-corrected chi connectivity index (χ2v) is 10.3. The number of ether oxygens (including phenoxy) is 1. The fraction of sp³-hybridized carbons (Fsp3) is 0.483. The molecule has 1 aliphatic heterocycles. The molecule has 2 amide bonds. The van der Waals surface area contributed by atoms with E-state index in [2.05, 4.69) is 30.1 Å². The van der Waals surface area contributed by atoms with Crippen LogP contribution in [0.15, 0.2) is 42.5 Å². The van der Waals surface area contributed by atoms with Gasteiger partial charge in [0.1, 0.15) is 11.6 Å². The lowest BCUT2D eigenvalue weighted by molar-refractivity contribution is -0.160. The van der Waals surface area contributed by atoms with Gasteiger partial charge in [0.25, 0.3) is 0 Å². The largest absolute Gasteiger partial charge is 0.462 e. The third-order valence-electron chi connectivity index (χ3n) is 7.22. The zero-order valence-electron chi connectivity index (χ0n) is 22.9. The first-order chi connectivity index (χ1) is 18.4. The number of amides is 2. The fourth-order valence-electron chi connectivity index (χ4n) is 5.11. The smallest absolute Gasteiger partial charge is 0.396 e. The Morgan fingerprint density at radius 1 is 1.10 bits per heavy atom. The molecule has 2 aromatic rings. The summed E-state index contributed by atoms with van der Waals surface area (Å²) >= 11 is 0. The molecule has 2 aromatic carbocycles. The van der Waals surface area contributed by atoms with E-state index in [-0.39, 0.29) is 44.3 Å². The van der Waals surface area contributed by atoms with Gasteiger partial charge in [-0.25, -0.2) is 18.6 Å². The molecular weight excluding hydrogens is 508 g/mol. The molecule has 0 aromatic heterocycles. The monoisotopic (exact) mass is 545 g/mol.